The molecule has 1 aromatic carbocycles. The number of rotatable bonds is 2. The quantitative estimate of drug-likeness (QED) is 0.897. The van der Waals surface area contributed by atoms with Crippen molar-refractivity contribution in [1.29, 1.82) is 0 Å². The highest BCUT2D eigenvalue weighted by atomic mass is 35.5. The van der Waals surface area contributed by atoms with Crippen molar-refractivity contribution in [3.05, 3.63) is 51.8 Å². The number of aryl methyl sites for hydroxylation is 1. The van der Waals surface area contributed by atoms with Gasteiger partial charge < -0.3 is 5.73 Å². The molecule has 84 valence electrons. The molecule has 0 aliphatic rings. The normalized spacial score (nSPS) is 12.8. The van der Waals surface area contributed by atoms with Gasteiger partial charge >= 0.3 is 0 Å². The van der Waals surface area contributed by atoms with Crippen LogP contribution in [0.25, 0.3) is 0 Å². The fourth-order valence-electron chi connectivity index (χ4n) is 1.64. The van der Waals surface area contributed by atoms with Crippen LogP contribution < -0.4 is 5.73 Å². The minimum absolute atomic E-state index is 0.367. The van der Waals surface area contributed by atoms with E-state index in [9.17, 15) is 0 Å². The second kappa shape index (κ2) is 4.45. The van der Waals surface area contributed by atoms with E-state index in [1.165, 1.54) is 0 Å². The molecular weight excluding hydrogens is 245 g/mol. The van der Waals surface area contributed by atoms with Crippen molar-refractivity contribution in [3.63, 3.8) is 0 Å². The zero-order valence-corrected chi connectivity index (χ0v) is 10.2. The topological polar surface area (TPSA) is 43.8 Å². The Morgan fingerprint density at radius 3 is 2.50 bits per heavy atom. The van der Waals surface area contributed by atoms with Crippen LogP contribution >= 0.6 is 23.2 Å². The van der Waals surface area contributed by atoms with Crippen molar-refractivity contribution in [1.82, 2.24) is 9.78 Å². The maximum absolute atomic E-state index is 6.13. The summed E-state index contributed by atoms with van der Waals surface area (Å²) in [4.78, 5) is 0. The molecule has 0 radical (unpaired) electrons. The van der Waals surface area contributed by atoms with Gasteiger partial charge in [0.05, 0.1) is 23.0 Å². The van der Waals surface area contributed by atoms with Gasteiger partial charge in [-0.15, -0.1) is 0 Å². The van der Waals surface area contributed by atoms with Crippen LogP contribution in [0.3, 0.4) is 0 Å². The summed E-state index contributed by atoms with van der Waals surface area (Å²) in [6, 6.07) is 7.08. The van der Waals surface area contributed by atoms with Crippen molar-refractivity contribution in [3.8, 4) is 0 Å². The Morgan fingerprint density at radius 1 is 1.25 bits per heavy atom. The molecule has 0 saturated carbocycles. The first-order chi connectivity index (χ1) is 7.61. The molecule has 1 aromatic heterocycles. The molecule has 0 aliphatic heterocycles. The molecular formula is C11H11Cl2N3. The summed E-state index contributed by atoms with van der Waals surface area (Å²) >= 11 is 12.1. The first-order valence-corrected chi connectivity index (χ1v) is 5.54. The lowest BCUT2D eigenvalue weighted by atomic mass is 10.0. The summed E-state index contributed by atoms with van der Waals surface area (Å²) in [6.07, 6.45) is 1.58. The van der Waals surface area contributed by atoms with Crippen LogP contribution in [0.5, 0.6) is 0 Å². The molecule has 1 unspecified atom stereocenters. The van der Waals surface area contributed by atoms with Crippen molar-refractivity contribution < 1.29 is 0 Å². The van der Waals surface area contributed by atoms with E-state index in [0.717, 1.165) is 11.3 Å². The molecule has 5 heteroatoms. The Kier molecular flexibility index (Phi) is 3.19. The Morgan fingerprint density at radius 2 is 1.94 bits per heavy atom. The lowest BCUT2D eigenvalue weighted by Gasteiger charge is -2.14. The van der Waals surface area contributed by atoms with Gasteiger partial charge in [-0.3, -0.25) is 4.68 Å². The average Bonchev–Trinajstić information content (AvgIpc) is 2.58. The molecule has 0 fully saturated rings. The first kappa shape index (κ1) is 11.5. The van der Waals surface area contributed by atoms with Crippen LogP contribution in [-0.2, 0) is 7.05 Å². The standard InChI is InChI=1S/C11H11Cl2N3/c1-16-11(9(13)6-15-16)10(14)7-4-2-3-5-8(7)12/h2-6,10H,14H2,1H3. The Hall–Kier alpha value is -1.03. The second-order valence-electron chi connectivity index (χ2n) is 3.50. The Balaban J connectivity index is 2.47. The third kappa shape index (κ3) is 1.94. The predicted molar refractivity (Wildman–Crippen MR) is 65.7 cm³/mol. The molecule has 0 spiro atoms. The summed E-state index contributed by atoms with van der Waals surface area (Å²) in [5.74, 6) is 0. The van der Waals surface area contributed by atoms with Crippen molar-refractivity contribution in [2.45, 2.75) is 6.04 Å². The van der Waals surface area contributed by atoms with E-state index < -0.39 is 0 Å². The maximum Gasteiger partial charge on any atom is 0.0837 e. The van der Waals surface area contributed by atoms with Crippen LogP contribution in [0.1, 0.15) is 17.3 Å². The number of hydrogen-bond acceptors (Lipinski definition) is 2. The van der Waals surface area contributed by atoms with Crippen LogP contribution in [0.2, 0.25) is 10.0 Å². The van der Waals surface area contributed by atoms with Gasteiger partial charge in [0.1, 0.15) is 0 Å². The highest BCUT2D eigenvalue weighted by molar-refractivity contribution is 6.32. The molecule has 2 rings (SSSR count). The zero-order chi connectivity index (χ0) is 11.7. The van der Waals surface area contributed by atoms with Gasteiger partial charge in [0.25, 0.3) is 0 Å². The maximum atomic E-state index is 6.13. The van der Waals surface area contributed by atoms with Crippen molar-refractivity contribution in [2.24, 2.45) is 12.8 Å². The molecule has 2 aromatic rings. The molecule has 0 amide bonds. The van der Waals surface area contributed by atoms with Crippen LogP contribution in [-0.4, -0.2) is 9.78 Å². The van der Waals surface area contributed by atoms with Crippen LogP contribution in [0.15, 0.2) is 30.5 Å². The van der Waals surface area contributed by atoms with Crippen molar-refractivity contribution in [2.75, 3.05) is 0 Å². The molecule has 1 heterocycles. The number of benzene rings is 1. The predicted octanol–water partition coefficient (Wildman–Crippen LogP) is 2.78. The highest BCUT2D eigenvalue weighted by Gasteiger charge is 2.18. The number of hydrogen-bond donors (Lipinski definition) is 1. The lowest BCUT2D eigenvalue weighted by molar-refractivity contribution is 0.673. The average molecular weight is 256 g/mol. The first-order valence-electron chi connectivity index (χ1n) is 4.78. The fourth-order valence-corrected chi connectivity index (χ4v) is 2.18. The number of nitrogens with zero attached hydrogens (tertiary/aromatic N) is 2. The molecule has 2 N–H and O–H groups in total. The van der Waals surface area contributed by atoms with Gasteiger partial charge in [-0.05, 0) is 11.6 Å². The lowest BCUT2D eigenvalue weighted by Crippen LogP contribution is -2.16. The number of aromatic nitrogens is 2. The van der Waals surface area contributed by atoms with Gasteiger partial charge in [-0.1, -0.05) is 41.4 Å². The molecule has 0 saturated heterocycles. The van der Waals surface area contributed by atoms with E-state index in [1.807, 2.05) is 18.2 Å². The van der Waals surface area contributed by atoms with Gasteiger partial charge in [0.2, 0.25) is 0 Å². The van der Waals surface area contributed by atoms with E-state index >= 15 is 0 Å². The summed E-state index contributed by atoms with van der Waals surface area (Å²) in [5.41, 5.74) is 7.73. The molecule has 3 nitrogen and oxygen atoms in total. The molecule has 1 atom stereocenters. The summed E-state index contributed by atoms with van der Waals surface area (Å²) in [6.45, 7) is 0. The molecule has 16 heavy (non-hydrogen) atoms. The summed E-state index contributed by atoms with van der Waals surface area (Å²) in [7, 11) is 1.80. The second-order valence-corrected chi connectivity index (χ2v) is 4.31. The van der Waals surface area contributed by atoms with Gasteiger partial charge in [0.15, 0.2) is 0 Å². The SMILES string of the molecule is Cn1ncc(Cl)c1C(N)c1ccccc1Cl. The van der Waals surface area contributed by atoms with Gasteiger partial charge in [-0.25, -0.2) is 0 Å². The van der Waals surface area contributed by atoms with E-state index in [1.54, 1.807) is 24.0 Å². The Bertz CT molecular complexity index is 488. The van der Waals surface area contributed by atoms with Crippen LogP contribution in [0.4, 0.5) is 0 Å². The summed E-state index contributed by atoms with van der Waals surface area (Å²) in [5, 5.41) is 5.24. The summed E-state index contributed by atoms with van der Waals surface area (Å²) < 4.78 is 1.66. The molecule has 0 aliphatic carbocycles. The largest absolute Gasteiger partial charge is 0.319 e. The van der Waals surface area contributed by atoms with Gasteiger partial charge in [-0.2, -0.15) is 5.10 Å². The number of nitrogens with two attached hydrogens (primary N) is 1. The van der Waals surface area contributed by atoms with Crippen molar-refractivity contribution >= 4 is 23.2 Å². The monoisotopic (exact) mass is 255 g/mol. The molecule has 0 bridgehead atoms. The van der Waals surface area contributed by atoms with E-state index in [4.69, 9.17) is 28.9 Å². The minimum atomic E-state index is -0.367. The minimum Gasteiger partial charge on any atom is -0.319 e. The smallest absolute Gasteiger partial charge is 0.0837 e. The van der Waals surface area contributed by atoms with Gasteiger partial charge in [0, 0.05) is 12.1 Å². The third-order valence-electron chi connectivity index (χ3n) is 2.47. The fraction of sp³-hybridized carbons (Fsp3) is 0.182. The number of halogens is 2. The Labute approximate surface area is 104 Å². The third-order valence-corrected chi connectivity index (χ3v) is 3.11. The highest BCUT2D eigenvalue weighted by Crippen LogP contribution is 2.29. The van der Waals surface area contributed by atoms with E-state index in [2.05, 4.69) is 5.10 Å². The van der Waals surface area contributed by atoms with E-state index in [0.29, 0.717) is 10.0 Å². The van der Waals surface area contributed by atoms with E-state index in [-0.39, 0.29) is 6.04 Å². The van der Waals surface area contributed by atoms with Crippen LogP contribution in [0, 0.1) is 0 Å². The zero-order valence-electron chi connectivity index (χ0n) is 8.69.